The van der Waals surface area contributed by atoms with Gasteiger partial charge in [0.05, 0.1) is 12.2 Å². The van der Waals surface area contributed by atoms with Gasteiger partial charge in [-0.05, 0) is 43.0 Å². The molecule has 2 aromatic carbocycles. The Balaban J connectivity index is 1.72. The first-order valence-corrected chi connectivity index (χ1v) is 8.32. The van der Waals surface area contributed by atoms with Crippen LogP contribution in [-0.4, -0.2) is 32.4 Å². The van der Waals surface area contributed by atoms with Crippen LogP contribution in [0.25, 0.3) is 34.4 Å². The van der Waals surface area contributed by atoms with E-state index in [1.165, 1.54) is 18.2 Å². The van der Waals surface area contributed by atoms with Crippen molar-refractivity contribution in [2.24, 2.45) is 0 Å². The normalized spacial score (nSPS) is 11.7. The smallest absolute Gasteiger partial charge is 0.161 e. The fourth-order valence-corrected chi connectivity index (χ4v) is 2.79. The summed E-state index contributed by atoms with van der Waals surface area (Å²) in [5.41, 5.74) is 2.28. The molecule has 0 aliphatic rings. The number of benzene rings is 2. The molecular weight excluding hydrogens is 350 g/mol. The number of nitrogens with one attached hydrogen (secondary N) is 3. The van der Waals surface area contributed by atoms with E-state index < -0.39 is 5.82 Å². The van der Waals surface area contributed by atoms with Crippen molar-refractivity contribution in [3.8, 4) is 11.4 Å². The highest BCUT2D eigenvalue weighted by Crippen LogP contribution is 2.27. The van der Waals surface area contributed by atoms with Crippen LogP contribution in [0, 0.1) is 11.6 Å². The third-order valence-corrected chi connectivity index (χ3v) is 4.11. The number of fused-ring (bicyclic) bond motifs is 1. The lowest BCUT2D eigenvalue weighted by Crippen LogP contribution is -2.06. The average Bonchev–Trinajstić information content (AvgIpc) is 3.29. The second-order valence-corrected chi connectivity index (χ2v) is 6.02. The number of nitrogens with zero attached hydrogens (tertiary/aromatic N) is 3. The summed E-state index contributed by atoms with van der Waals surface area (Å²) in [6.45, 7) is 0.537. The third kappa shape index (κ3) is 3.47. The summed E-state index contributed by atoms with van der Waals surface area (Å²) < 4.78 is 27.5. The Morgan fingerprint density at radius 1 is 1.07 bits per heavy atom. The highest BCUT2D eigenvalue weighted by molar-refractivity contribution is 5.92. The minimum Gasteiger partial charge on any atom is -0.324 e. The Morgan fingerprint density at radius 3 is 2.67 bits per heavy atom. The summed E-state index contributed by atoms with van der Waals surface area (Å²) >= 11 is 0. The van der Waals surface area contributed by atoms with E-state index in [0.29, 0.717) is 40.4 Å². The number of hydrogen-bond donors (Lipinski definition) is 3. The van der Waals surface area contributed by atoms with Crippen LogP contribution in [0.15, 0.2) is 36.4 Å². The maximum Gasteiger partial charge on any atom is 0.161 e. The minimum atomic E-state index is -0.428. The Morgan fingerprint density at radius 2 is 1.89 bits per heavy atom. The number of aromatic nitrogens is 5. The van der Waals surface area contributed by atoms with Gasteiger partial charge in [-0.15, -0.1) is 10.2 Å². The Bertz CT molecular complexity index is 1110. The fraction of sp³-hybridized carbons (Fsp3) is 0.105. The van der Waals surface area contributed by atoms with E-state index in [9.17, 15) is 8.78 Å². The zero-order valence-corrected chi connectivity index (χ0v) is 14.4. The van der Waals surface area contributed by atoms with Gasteiger partial charge >= 0.3 is 0 Å². The molecule has 3 N–H and O–H groups in total. The molecule has 0 bridgehead atoms. The van der Waals surface area contributed by atoms with E-state index in [0.717, 1.165) is 5.56 Å². The maximum atomic E-state index is 14.5. The van der Waals surface area contributed by atoms with Gasteiger partial charge in [-0.1, -0.05) is 18.2 Å². The fourth-order valence-electron chi connectivity index (χ4n) is 2.79. The first-order valence-electron chi connectivity index (χ1n) is 8.32. The molecule has 0 saturated carbocycles. The number of hydrogen-bond acceptors (Lipinski definition) is 4. The SMILES string of the molecule is CNCc1nnc(-c2cc(F)c3[nH]nc(/C=C/c4ccc(F)cc4)c3c2)[nH]1. The molecule has 0 atom stereocenters. The summed E-state index contributed by atoms with van der Waals surface area (Å²) in [5, 5.41) is 18.6. The molecule has 27 heavy (non-hydrogen) atoms. The molecule has 4 rings (SSSR count). The number of halogens is 2. The molecule has 0 aliphatic heterocycles. The van der Waals surface area contributed by atoms with E-state index >= 15 is 0 Å². The number of aromatic amines is 2. The predicted octanol–water partition coefficient (Wildman–Crippen LogP) is 3.52. The van der Waals surface area contributed by atoms with E-state index in [1.807, 2.05) is 0 Å². The van der Waals surface area contributed by atoms with Gasteiger partial charge in [-0.2, -0.15) is 5.10 Å². The molecule has 6 nitrogen and oxygen atoms in total. The zero-order chi connectivity index (χ0) is 18.8. The molecule has 0 fully saturated rings. The number of rotatable bonds is 5. The quantitative estimate of drug-likeness (QED) is 0.505. The topological polar surface area (TPSA) is 82.3 Å². The molecule has 0 unspecified atom stereocenters. The summed E-state index contributed by atoms with van der Waals surface area (Å²) in [5.74, 6) is 0.420. The lowest BCUT2D eigenvalue weighted by atomic mass is 10.1. The van der Waals surface area contributed by atoms with E-state index in [4.69, 9.17) is 0 Å². The molecule has 0 aliphatic carbocycles. The highest BCUT2D eigenvalue weighted by atomic mass is 19.1. The second kappa shape index (κ2) is 7.08. The molecule has 8 heteroatoms. The van der Waals surface area contributed by atoms with Gasteiger partial charge in [0.1, 0.15) is 23.0 Å². The largest absolute Gasteiger partial charge is 0.324 e. The molecular formula is C19H16F2N6. The summed E-state index contributed by atoms with van der Waals surface area (Å²) in [6.07, 6.45) is 3.54. The standard InChI is InChI=1S/C19H16F2N6/c1-22-10-17-23-19(27-25-17)12-8-14-16(24-26-18(14)15(21)9-12)7-4-11-2-5-13(20)6-3-11/h2-9,22H,10H2,1H3,(H,24,26)(H,23,25,27)/b7-4+. The molecule has 0 saturated heterocycles. The van der Waals surface area contributed by atoms with Gasteiger partial charge < -0.3 is 10.3 Å². The van der Waals surface area contributed by atoms with Crippen molar-refractivity contribution in [2.75, 3.05) is 7.05 Å². The van der Waals surface area contributed by atoms with Crippen LogP contribution in [0.4, 0.5) is 8.78 Å². The van der Waals surface area contributed by atoms with Crippen LogP contribution in [0.5, 0.6) is 0 Å². The first kappa shape index (κ1) is 17.0. The highest BCUT2D eigenvalue weighted by Gasteiger charge is 2.13. The van der Waals surface area contributed by atoms with Crippen LogP contribution < -0.4 is 5.32 Å². The predicted molar refractivity (Wildman–Crippen MR) is 99.5 cm³/mol. The lowest BCUT2D eigenvalue weighted by molar-refractivity contribution is 0.627. The molecule has 2 aromatic heterocycles. The molecule has 2 heterocycles. The third-order valence-electron chi connectivity index (χ3n) is 4.11. The van der Waals surface area contributed by atoms with Gasteiger partial charge in [0.2, 0.25) is 0 Å². The molecule has 0 radical (unpaired) electrons. The summed E-state index contributed by atoms with van der Waals surface area (Å²) in [4.78, 5) is 3.06. The maximum absolute atomic E-state index is 14.5. The molecule has 4 aromatic rings. The van der Waals surface area contributed by atoms with Crippen LogP contribution in [-0.2, 0) is 6.54 Å². The van der Waals surface area contributed by atoms with Gasteiger partial charge in [0, 0.05) is 10.9 Å². The van der Waals surface area contributed by atoms with Crippen LogP contribution in [0.1, 0.15) is 17.1 Å². The van der Waals surface area contributed by atoms with Crippen molar-refractivity contribution in [1.82, 2.24) is 30.7 Å². The van der Waals surface area contributed by atoms with Crippen LogP contribution >= 0.6 is 0 Å². The van der Waals surface area contributed by atoms with Crippen molar-refractivity contribution in [1.29, 1.82) is 0 Å². The van der Waals surface area contributed by atoms with Crippen molar-refractivity contribution < 1.29 is 8.78 Å². The Kier molecular flexibility index (Phi) is 4.47. The number of H-pyrrole nitrogens is 2. The monoisotopic (exact) mass is 366 g/mol. The molecule has 0 amide bonds. The minimum absolute atomic E-state index is 0.297. The van der Waals surface area contributed by atoms with Crippen molar-refractivity contribution in [2.45, 2.75) is 6.54 Å². The van der Waals surface area contributed by atoms with Gasteiger partial charge in [0.15, 0.2) is 5.82 Å². The molecule has 136 valence electrons. The van der Waals surface area contributed by atoms with Gasteiger partial charge in [-0.3, -0.25) is 5.10 Å². The summed E-state index contributed by atoms with van der Waals surface area (Å²) in [7, 11) is 1.80. The zero-order valence-electron chi connectivity index (χ0n) is 14.4. The Hall–Kier alpha value is -3.39. The van der Waals surface area contributed by atoms with Crippen molar-refractivity contribution >= 4 is 23.1 Å². The summed E-state index contributed by atoms with van der Waals surface area (Å²) in [6, 6.07) is 9.27. The van der Waals surface area contributed by atoms with Gasteiger partial charge in [0.25, 0.3) is 0 Å². The van der Waals surface area contributed by atoms with Crippen LogP contribution in [0.3, 0.4) is 0 Å². The lowest BCUT2D eigenvalue weighted by Gasteiger charge is -1.99. The van der Waals surface area contributed by atoms with Gasteiger partial charge in [-0.25, -0.2) is 8.78 Å². The molecule has 0 spiro atoms. The Labute approximate surface area is 153 Å². The van der Waals surface area contributed by atoms with Crippen LogP contribution in [0.2, 0.25) is 0 Å². The average molecular weight is 366 g/mol. The van der Waals surface area contributed by atoms with E-state index in [1.54, 1.807) is 37.4 Å². The first-order chi connectivity index (χ1) is 13.1. The van der Waals surface area contributed by atoms with Crippen molar-refractivity contribution in [3.05, 3.63) is 65.1 Å². The van der Waals surface area contributed by atoms with E-state index in [2.05, 4.69) is 30.7 Å². The second-order valence-electron chi connectivity index (χ2n) is 6.02. The van der Waals surface area contributed by atoms with E-state index in [-0.39, 0.29) is 5.82 Å². The van der Waals surface area contributed by atoms with Crippen molar-refractivity contribution in [3.63, 3.8) is 0 Å².